The number of esters is 2. The zero-order valence-electron chi connectivity index (χ0n) is 26.8. The summed E-state index contributed by atoms with van der Waals surface area (Å²) >= 11 is 0. The number of carbonyl (C=O) groups excluding carboxylic acids is 3. The number of likely N-dealkylation sites (tertiary alicyclic amines) is 1. The molecule has 5 unspecified atom stereocenters. The lowest BCUT2D eigenvalue weighted by Gasteiger charge is -2.40. The second-order valence-electron chi connectivity index (χ2n) is 14.0. The Balaban J connectivity index is 0.000000247. The summed E-state index contributed by atoms with van der Waals surface area (Å²) in [6.45, 7) is 14.6. The van der Waals surface area contributed by atoms with Crippen molar-refractivity contribution in [3.63, 3.8) is 0 Å². The predicted molar refractivity (Wildman–Crippen MR) is 160 cm³/mol. The van der Waals surface area contributed by atoms with Gasteiger partial charge in [0.2, 0.25) is 6.41 Å². The van der Waals surface area contributed by atoms with E-state index in [2.05, 4.69) is 30.3 Å². The predicted octanol–water partition coefficient (Wildman–Crippen LogP) is 4.64. The molecule has 2 fully saturated rings. The monoisotopic (exact) mass is 586 g/mol. The zero-order valence-corrected chi connectivity index (χ0v) is 26.8. The number of nitrogens with zero attached hydrogens (tertiary/aromatic N) is 1. The third-order valence-electron chi connectivity index (χ3n) is 9.30. The molecule has 4 aliphatic rings. The molecule has 2 aliphatic heterocycles. The minimum atomic E-state index is -0.563. The Morgan fingerprint density at radius 1 is 1.26 bits per heavy atom. The van der Waals surface area contributed by atoms with Crippen LogP contribution in [0.25, 0.3) is 0 Å². The van der Waals surface area contributed by atoms with Crippen LogP contribution in [0.5, 0.6) is 11.5 Å². The van der Waals surface area contributed by atoms with Gasteiger partial charge in [-0.15, -0.1) is 0 Å². The minimum Gasteiger partial charge on any atom is -0.493 e. The van der Waals surface area contributed by atoms with Crippen molar-refractivity contribution in [2.45, 2.75) is 116 Å². The topological polar surface area (TPSA) is 103 Å². The van der Waals surface area contributed by atoms with Crippen molar-refractivity contribution in [2.75, 3.05) is 20.7 Å². The van der Waals surface area contributed by atoms with Crippen LogP contribution in [0.15, 0.2) is 12.1 Å². The summed E-state index contributed by atoms with van der Waals surface area (Å²) in [7, 11) is 3.97. The Hall–Kier alpha value is -2.81. The maximum Gasteiger partial charge on any atom is 0.329 e. The minimum absolute atomic E-state index is 0.0232. The average molecular weight is 587 g/mol. The third kappa shape index (κ3) is 6.26. The molecule has 0 bridgehead atoms. The van der Waals surface area contributed by atoms with Crippen LogP contribution in [-0.4, -0.2) is 73.8 Å². The zero-order chi connectivity index (χ0) is 31.0. The van der Waals surface area contributed by atoms with Gasteiger partial charge in [-0.1, -0.05) is 33.8 Å². The van der Waals surface area contributed by atoms with E-state index in [0.29, 0.717) is 24.8 Å². The van der Waals surface area contributed by atoms with Crippen LogP contribution in [0, 0.1) is 17.3 Å². The van der Waals surface area contributed by atoms with E-state index in [1.807, 2.05) is 26.8 Å². The molecule has 0 aromatic heterocycles. The van der Waals surface area contributed by atoms with Gasteiger partial charge in [-0.05, 0) is 82.4 Å². The molecule has 1 saturated carbocycles. The molecule has 42 heavy (non-hydrogen) atoms. The number of nitrogens with one attached hydrogen (secondary N) is 1. The molecule has 234 valence electrons. The normalized spacial score (nSPS) is 29.7. The first-order valence-electron chi connectivity index (χ1n) is 15.4. The highest BCUT2D eigenvalue weighted by atomic mass is 16.6. The fourth-order valence-corrected chi connectivity index (χ4v) is 7.63. The molecular formula is C33H50N2O7. The highest BCUT2D eigenvalue weighted by Crippen LogP contribution is 2.63. The van der Waals surface area contributed by atoms with E-state index in [1.165, 1.54) is 11.1 Å². The number of methoxy groups -OCH3 is 1. The number of rotatable bonds is 8. The molecule has 2 heterocycles. The number of amides is 1. The fraction of sp³-hybridized carbons (Fsp3) is 0.727. The number of hydrogen-bond donors (Lipinski definition) is 1. The van der Waals surface area contributed by atoms with Crippen molar-refractivity contribution in [3.05, 3.63) is 23.3 Å². The Bertz CT molecular complexity index is 1160. The summed E-state index contributed by atoms with van der Waals surface area (Å²) < 4.78 is 23.4. The van der Waals surface area contributed by atoms with Crippen LogP contribution >= 0.6 is 0 Å². The van der Waals surface area contributed by atoms with Gasteiger partial charge in [0, 0.05) is 30.5 Å². The van der Waals surface area contributed by atoms with Crippen LogP contribution in [0.3, 0.4) is 0 Å². The third-order valence-corrected chi connectivity index (χ3v) is 9.30. The van der Waals surface area contributed by atoms with Gasteiger partial charge < -0.3 is 29.2 Å². The van der Waals surface area contributed by atoms with Gasteiger partial charge in [-0.2, -0.15) is 0 Å². The van der Waals surface area contributed by atoms with Crippen LogP contribution < -0.4 is 14.8 Å². The van der Waals surface area contributed by atoms with E-state index in [-0.39, 0.29) is 41.4 Å². The van der Waals surface area contributed by atoms with E-state index >= 15 is 0 Å². The molecule has 1 amide bonds. The van der Waals surface area contributed by atoms with Crippen molar-refractivity contribution in [2.24, 2.45) is 17.3 Å². The highest BCUT2D eigenvalue weighted by Gasteiger charge is 2.62. The van der Waals surface area contributed by atoms with E-state index in [4.69, 9.17) is 18.9 Å². The lowest BCUT2D eigenvalue weighted by molar-refractivity contribution is -0.159. The quantitative estimate of drug-likeness (QED) is 0.347. The summed E-state index contributed by atoms with van der Waals surface area (Å²) in [4.78, 5) is 36.7. The van der Waals surface area contributed by atoms with Gasteiger partial charge >= 0.3 is 11.9 Å². The summed E-state index contributed by atoms with van der Waals surface area (Å²) in [5, 5.41) is 2.45. The number of ether oxygens (including phenoxy) is 4. The Kier molecular flexibility index (Phi) is 9.50. The lowest BCUT2D eigenvalue weighted by atomic mass is 9.62. The summed E-state index contributed by atoms with van der Waals surface area (Å²) in [5.41, 5.74) is 2.40. The summed E-state index contributed by atoms with van der Waals surface area (Å²) in [6.07, 6.45) is 4.54. The molecule has 9 nitrogen and oxygen atoms in total. The van der Waals surface area contributed by atoms with Crippen LogP contribution in [0.1, 0.15) is 91.2 Å². The van der Waals surface area contributed by atoms with E-state index in [1.54, 1.807) is 27.9 Å². The molecule has 7 atom stereocenters. The fourth-order valence-electron chi connectivity index (χ4n) is 7.63. The first-order chi connectivity index (χ1) is 19.7. The van der Waals surface area contributed by atoms with Crippen molar-refractivity contribution < 1.29 is 33.3 Å². The second-order valence-corrected chi connectivity index (χ2v) is 14.0. The maximum atomic E-state index is 12.4. The van der Waals surface area contributed by atoms with Crippen LogP contribution in [0.2, 0.25) is 0 Å². The van der Waals surface area contributed by atoms with Crippen molar-refractivity contribution in [1.82, 2.24) is 10.2 Å². The molecular weight excluding hydrogens is 536 g/mol. The average Bonchev–Trinajstić information content (AvgIpc) is 3.37. The lowest BCUT2D eigenvalue weighted by Crippen LogP contribution is -2.45. The molecule has 1 aromatic carbocycles. The molecule has 1 saturated heterocycles. The Morgan fingerprint density at radius 3 is 2.57 bits per heavy atom. The van der Waals surface area contributed by atoms with Crippen LogP contribution in [-0.2, 0) is 30.3 Å². The molecule has 5 rings (SSSR count). The largest absolute Gasteiger partial charge is 0.493 e. The van der Waals surface area contributed by atoms with E-state index in [9.17, 15) is 14.4 Å². The molecule has 1 aromatic rings. The van der Waals surface area contributed by atoms with E-state index < -0.39 is 11.6 Å². The standard InChI is InChI=1S/C23H31NO4.C10H19NO3/c1-5-6-17(25)27-16-9-10-23(2)12-24(3)14-11-13-7-8-15(26-4)21-18(13)19(20(14)23)22(16)28-21;1-7(2)8(11-6-12)9(13)14-10(3,4)5/h7-8,14,16,19-20,22H,5-6,9-12H2,1-4H3;6-8H,1-5H3,(H,11,12)/t14-,16?,19?,20?,22?,23?;8-/m10/s1. The van der Waals surface area contributed by atoms with Gasteiger partial charge in [-0.3, -0.25) is 9.59 Å². The molecule has 9 heteroatoms. The van der Waals surface area contributed by atoms with Gasteiger partial charge in [0.1, 0.15) is 23.9 Å². The smallest absolute Gasteiger partial charge is 0.329 e. The second kappa shape index (κ2) is 12.4. The molecule has 0 radical (unpaired) electrons. The van der Waals surface area contributed by atoms with Gasteiger partial charge in [0.15, 0.2) is 11.5 Å². The summed E-state index contributed by atoms with van der Waals surface area (Å²) in [6, 6.07) is 4.21. The number of hydrogen-bond acceptors (Lipinski definition) is 8. The van der Waals surface area contributed by atoms with Crippen molar-refractivity contribution in [1.29, 1.82) is 0 Å². The first kappa shape index (κ1) is 32.1. The maximum absolute atomic E-state index is 12.4. The van der Waals surface area contributed by atoms with Gasteiger partial charge in [0.25, 0.3) is 0 Å². The SMILES string of the molecule is CC(C)[C@H](NC=O)C(=O)OC(C)(C)C.CCCC(=O)OC1CCC2(C)CN(C)[C@@H]3Cc4ccc(OC)c5c4C(C1O5)C32. The van der Waals surface area contributed by atoms with Crippen molar-refractivity contribution in [3.8, 4) is 11.5 Å². The Labute approximate surface area is 251 Å². The molecule has 1 N–H and O–H groups in total. The number of carbonyl (C=O) groups is 3. The number of benzene rings is 1. The van der Waals surface area contributed by atoms with Gasteiger partial charge in [-0.25, -0.2) is 4.79 Å². The van der Waals surface area contributed by atoms with Gasteiger partial charge in [0.05, 0.1) is 7.11 Å². The first-order valence-corrected chi connectivity index (χ1v) is 15.4. The molecule has 2 aliphatic carbocycles. The van der Waals surface area contributed by atoms with Crippen molar-refractivity contribution >= 4 is 18.3 Å². The van der Waals surface area contributed by atoms with Crippen LogP contribution in [0.4, 0.5) is 0 Å². The molecule has 0 spiro atoms. The Morgan fingerprint density at radius 2 is 1.98 bits per heavy atom. The summed E-state index contributed by atoms with van der Waals surface area (Å²) in [5.74, 6) is 2.03. The number of likely N-dealkylation sites (N-methyl/N-ethyl adjacent to an activating group) is 1. The van der Waals surface area contributed by atoms with E-state index in [0.717, 1.165) is 43.7 Å². The highest BCUT2D eigenvalue weighted by molar-refractivity contribution is 5.78.